The lowest BCUT2D eigenvalue weighted by molar-refractivity contribution is 0.376. The minimum atomic E-state index is 0.418. The molecule has 2 rings (SSSR count). The minimum Gasteiger partial charge on any atom is -0.339 e. The van der Waals surface area contributed by atoms with E-state index in [1.165, 1.54) is 16.7 Å². The lowest BCUT2D eigenvalue weighted by atomic mass is 10.0. The van der Waals surface area contributed by atoms with Gasteiger partial charge in [-0.15, -0.1) is 0 Å². The Labute approximate surface area is 114 Å². The predicted octanol–water partition coefficient (Wildman–Crippen LogP) is 2.78. The topological polar surface area (TPSA) is 51.0 Å². The SMILES string of the molecule is Cc1ccc(Cc2nc(CNC(C)C)no2)cc1C. The highest BCUT2D eigenvalue weighted by Crippen LogP contribution is 2.13. The first kappa shape index (κ1) is 13.7. The molecule has 2 aromatic rings. The number of benzene rings is 1. The normalized spacial score (nSPS) is 11.2. The Bertz CT molecular complexity index is 546. The second-order valence-electron chi connectivity index (χ2n) is 5.24. The molecule has 0 radical (unpaired) electrons. The smallest absolute Gasteiger partial charge is 0.231 e. The molecule has 4 nitrogen and oxygen atoms in total. The van der Waals surface area contributed by atoms with Crippen LogP contribution in [-0.2, 0) is 13.0 Å². The number of aryl methyl sites for hydroxylation is 2. The van der Waals surface area contributed by atoms with Gasteiger partial charge in [0, 0.05) is 6.04 Å². The zero-order valence-corrected chi connectivity index (χ0v) is 12.0. The van der Waals surface area contributed by atoms with Crippen LogP contribution in [0.3, 0.4) is 0 Å². The van der Waals surface area contributed by atoms with Crippen LogP contribution in [0.1, 0.15) is 42.3 Å². The van der Waals surface area contributed by atoms with Crippen molar-refractivity contribution in [2.45, 2.75) is 46.7 Å². The maximum absolute atomic E-state index is 5.27. The standard InChI is InChI=1S/C15H21N3O/c1-10(2)16-9-14-17-15(19-18-14)8-13-6-5-11(3)12(4)7-13/h5-7,10,16H,8-9H2,1-4H3. The lowest BCUT2D eigenvalue weighted by Gasteiger charge is -2.03. The number of hydrogen-bond donors (Lipinski definition) is 1. The van der Waals surface area contributed by atoms with Crippen molar-refractivity contribution in [1.82, 2.24) is 15.5 Å². The summed E-state index contributed by atoms with van der Waals surface area (Å²) in [6.45, 7) is 9.06. The molecule has 102 valence electrons. The summed E-state index contributed by atoms with van der Waals surface area (Å²) >= 11 is 0. The molecule has 0 amide bonds. The van der Waals surface area contributed by atoms with E-state index in [0.29, 0.717) is 30.7 Å². The molecule has 1 N–H and O–H groups in total. The first-order chi connectivity index (χ1) is 9.04. The second kappa shape index (κ2) is 5.97. The van der Waals surface area contributed by atoms with Gasteiger partial charge in [-0.25, -0.2) is 0 Å². The molecule has 1 aromatic heterocycles. The summed E-state index contributed by atoms with van der Waals surface area (Å²) in [4.78, 5) is 4.39. The van der Waals surface area contributed by atoms with E-state index in [-0.39, 0.29) is 0 Å². The molecule has 0 aliphatic carbocycles. The summed E-state index contributed by atoms with van der Waals surface area (Å²) in [5.41, 5.74) is 3.80. The van der Waals surface area contributed by atoms with Crippen molar-refractivity contribution >= 4 is 0 Å². The van der Waals surface area contributed by atoms with E-state index >= 15 is 0 Å². The fourth-order valence-corrected chi connectivity index (χ4v) is 1.82. The van der Waals surface area contributed by atoms with Crippen LogP contribution in [0.15, 0.2) is 22.7 Å². The number of aromatic nitrogens is 2. The monoisotopic (exact) mass is 259 g/mol. The van der Waals surface area contributed by atoms with E-state index in [0.717, 1.165) is 0 Å². The molecular weight excluding hydrogens is 238 g/mol. The van der Waals surface area contributed by atoms with Crippen molar-refractivity contribution in [3.05, 3.63) is 46.6 Å². The van der Waals surface area contributed by atoms with Crippen molar-refractivity contribution < 1.29 is 4.52 Å². The highest BCUT2D eigenvalue weighted by molar-refractivity contribution is 5.31. The van der Waals surface area contributed by atoms with Gasteiger partial charge in [-0.05, 0) is 30.5 Å². The Hall–Kier alpha value is -1.68. The van der Waals surface area contributed by atoms with Crippen molar-refractivity contribution in [2.24, 2.45) is 0 Å². The van der Waals surface area contributed by atoms with Crippen molar-refractivity contribution in [3.63, 3.8) is 0 Å². The summed E-state index contributed by atoms with van der Waals surface area (Å²) in [5, 5.41) is 7.25. The molecule has 1 aromatic carbocycles. The van der Waals surface area contributed by atoms with E-state index in [2.05, 4.69) is 61.4 Å². The van der Waals surface area contributed by atoms with Gasteiger partial charge in [-0.2, -0.15) is 4.98 Å². The van der Waals surface area contributed by atoms with E-state index in [1.54, 1.807) is 0 Å². The molecule has 0 saturated heterocycles. The van der Waals surface area contributed by atoms with Crippen LogP contribution in [0.4, 0.5) is 0 Å². The van der Waals surface area contributed by atoms with Gasteiger partial charge in [0.2, 0.25) is 5.89 Å². The Balaban J connectivity index is 2.01. The summed E-state index contributed by atoms with van der Waals surface area (Å²) in [6.07, 6.45) is 0.690. The number of hydrogen-bond acceptors (Lipinski definition) is 4. The van der Waals surface area contributed by atoms with Gasteiger partial charge >= 0.3 is 0 Å². The Morgan fingerprint density at radius 2 is 2.00 bits per heavy atom. The summed E-state index contributed by atoms with van der Waals surface area (Å²) in [6, 6.07) is 6.83. The van der Waals surface area contributed by atoms with Crippen LogP contribution in [0.25, 0.3) is 0 Å². The van der Waals surface area contributed by atoms with Crippen molar-refractivity contribution in [1.29, 1.82) is 0 Å². The summed E-state index contributed by atoms with van der Waals surface area (Å²) < 4.78 is 5.27. The van der Waals surface area contributed by atoms with Crippen LogP contribution in [0.5, 0.6) is 0 Å². The third-order valence-corrected chi connectivity index (χ3v) is 3.11. The van der Waals surface area contributed by atoms with Gasteiger partial charge in [0.25, 0.3) is 0 Å². The molecule has 0 aliphatic rings. The quantitative estimate of drug-likeness (QED) is 0.897. The molecule has 0 atom stereocenters. The zero-order chi connectivity index (χ0) is 13.8. The maximum Gasteiger partial charge on any atom is 0.231 e. The van der Waals surface area contributed by atoms with E-state index in [4.69, 9.17) is 4.52 Å². The average molecular weight is 259 g/mol. The molecule has 0 bridgehead atoms. The second-order valence-corrected chi connectivity index (χ2v) is 5.24. The number of rotatable bonds is 5. The van der Waals surface area contributed by atoms with Crippen LogP contribution in [0.2, 0.25) is 0 Å². The fourth-order valence-electron chi connectivity index (χ4n) is 1.82. The van der Waals surface area contributed by atoms with Gasteiger partial charge in [0.15, 0.2) is 5.82 Å². The fraction of sp³-hybridized carbons (Fsp3) is 0.467. The minimum absolute atomic E-state index is 0.418. The molecule has 0 spiro atoms. The molecule has 0 fully saturated rings. The lowest BCUT2D eigenvalue weighted by Crippen LogP contribution is -2.22. The predicted molar refractivity (Wildman–Crippen MR) is 75.0 cm³/mol. The third-order valence-electron chi connectivity index (χ3n) is 3.11. The van der Waals surface area contributed by atoms with E-state index in [1.807, 2.05) is 0 Å². The highest BCUT2D eigenvalue weighted by atomic mass is 16.5. The molecule has 0 saturated carbocycles. The first-order valence-corrected chi connectivity index (χ1v) is 6.65. The summed E-state index contributed by atoms with van der Waals surface area (Å²) in [7, 11) is 0. The average Bonchev–Trinajstić information content (AvgIpc) is 2.79. The molecule has 1 heterocycles. The highest BCUT2D eigenvalue weighted by Gasteiger charge is 2.08. The van der Waals surface area contributed by atoms with Gasteiger partial charge in [0.05, 0.1) is 13.0 Å². The molecule has 19 heavy (non-hydrogen) atoms. The molecule has 0 unspecified atom stereocenters. The molecule has 4 heteroatoms. The van der Waals surface area contributed by atoms with Crippen molar-refractivity contribution in [3.8, 4) is 0 Å². The van der Waals surface area contributed by atoms with Crippen LogP contribution < -0.4 is 5.32 Å². The van der Waals surface area contributed by atoms with Gasteiger partial charge in [-0.1, -0.05) is 37.2 Å². The van der Waals surface area contributed by atoms with Crippen LogP contribution in [0, 0.1) is 13.8 Å². The van der Waals surface area contributed by atoms with E-state index in [9.17, 15) is 0 Å². The zero-order valence-electron chi connectivity index (χ0n) is 12.0. The first-order valence-electron chi connectivity index (χ1n) is 6.65. The van der Waals surface area contributed by atoms with Gasteiger partial charge in [-0.3, -0.25) is 0 Å². The molecular formula is C15H21N3O. The number of nitrogens with zero attached hydrogens (tertiary/aromatic N) is 2. The maximum atomic E-state index is 5.27. The molecule has 0 aliphatic heterocycles. The Kier molecular flexibility index (Phi) is 4.32. The third kappa shape index (κ3) is 3.89. The van der Waals surface area contributed by atoms with Crippen molar-refractivity contribution in [2.75, 3.05) is 0 Å². The van der Waals surface area contributed by atoms with Gasteiger partial charge < -0.3 is 9.84 Å². The summed E-state index contributed by atoms with van der Waals surface area (Å²) in [5.74, 6) is 1.39. The Morgan fingerprint density at radius 3 is 2.68 bits per heavy atom. The van der Waals surface area contributed by atoms with Crippen LogP contribution in [-0.4, -0.2) is 16.2 Å². The largest absolute Gasteiger partial charge is 0.339 e. The Morgan fingerprint density at radius 1 is 1.21 bits per heavy atom. The van der Waals surface area contributed by atoms with E-state index < -0.39 is 0 Å². The number of nitrogens with one attached hydrogen (secondary N) is 1. The van der Waals surface area contributed by atoms with Gasteiger partial charge in [0.1, 0.15) is 0 Å². The van der Waals surface area contributed by atoms with Crippen LogP contribution >= 0.6 is 0 Å².